The molecule has 0 amide bonds. The summed E-state index contributed by atoms with van der Waals surface area (Å²) < 4.78 is 1.89. The summed E-state index contributed by atoms with van der Waals surface area (Å²) in [5.41, 5.74) is 0.748. The van der Waals surface area contributed by atoms with Crippen LogP contribution in [0.25, 0.3) is 0 Å². The molecule has 0 spiro atoms. The molecule has 1 atom stereocenters. The van der Waals surface area contributed by atoms with Crippen molar-refractivity contribution in [2.24, 2.45) is 5.92 Å². The molecule has 3 nitrogen and oxygen atoms in total. The van der Waals surface area contributed by atoms with Gasteiger partial charge >= 0.3 is 0 Å². The van der Waals surface area contributed by atoms with E-state index in [1.54, 1.807) is 0 Å². The third-order valence-electron chi connectivity index (χ3n) is 2.05. The molecule has 1 aromatic heterocycles. The first kappa shape index (κ1) is 9.26. The summed E-state index contributed by atoms with van der Waals surface area (Å²) in [6.45, 7) is 5.34. The first-order chi connectivity index (χ1) is 5.76. The van der Waals surface area contributed by atoms with Gasteiger partial charge in [0.1, 0.15) is 0 Å². The molecule has 1 rings (SSSR count). The van der Waals surface area contributed by atoms with Gasteiger partial charge in [0.25, 0.3) is 0 Å². The molecular weight excluding hydrogens is 152 g/mol. The summed E-state index contributed by atoms with van der Waals surface area (Å²) in [4.78, 5) is 0. The molecule has 0 fully saturated rings. The largest absolute Gasteiger partial charge is 0.390 e. The van der Waals surface area contributed by atoms with E-state index in [9.17, 15) is 0 Å². The number of aliphatic hydroxyl groups excluding tert-OH is 1. The molecule has 0 bridgehead atoms. The Hall–Kier alpha value is -0.830. The van der Waals surface area contributed by atoms with Crippen LogP contribution >= 0.6 is 0 Å². The molecule has 0 aliphatic heterocycles. The number of rotatable bonds is 4. The van der Waals surface area contributed by atoms with Crippen molar-refractivity contribution in [2.75, 3.05) is 0 Å². The quantitative estimate of drug-likeness (QED) is 0.738. The van der Waals surface area contributed by atoms with Crippen LogP contribution in [0.2, 0.25) is 0 Å². The molecule has 0 aliphatic rings. The van der Waals surface area contributed by atoms with Crippen molar-refractivity contribution in [3.05, 3.63) is 18.0 Å². The number of aromatic nitrogens is 2. The summed E-state index contributed by atoms with van der Waals surface area (Å²) in [5.74, 6) is 0.649. The Labute approximate surface area is 73.0 Å². The number of hydrogen-bond donors (Lipinski definition) is 1. The molecule has 1 N–H and O–H groups in total. The SMILES string of the molecule is CC[C@@H](C)Cn1ccc(CO)n1. The average molecular weight is 168 g/mol. The summed E-state index contributed by atoms with van der Waals surface area (Å²) in [6, 6.07) is 1.85. The van der Waals surface area contributed by atoms with Gasteiger partial charge in [-0.1, -0.05) is 20.3 Å². The molecule has 1 aromatic rings. The lowest BCUT2D eigenvalue weighted by Crippen LogP contribution is -2.07. The van der Waals surface area contributed by atoms with Crippen LogP contribution in [0.1, 0.15) is 26.0 Å². The molecule has 0 saturated carbocycles. The van der Waals surface area contributed by atoms with Crippen molar-refractivity contribution in [1.29, 1.82) is 0 Å². The fourth-order valence-electron chi connectivity index (χ4n) is 1.04. The lowest BCUT2D eigenvalue weighted by molar-refractivity contribution is 0.274. The van der Waals surface area contributed by atoms with Gasteiger partial charge in [0.15, 0.2) is 0 Å². The fourth-order valence-corrected chi connectivity index (χ4v) is 1.04. The summed E-state index contributed by atoms with van der Waals surface area (Å²) in [6.07, 6.45) is 3.08. The first-order valence-corrected chi connectivity index (χ1v) is 4.39. The number of hydrogen-bond acceptors (Lipinski definition) is 2. The highest BCUT2D eigenvalue weighted by atomic mass is 16.3. The Morgan fingerprint density at radius 2 is 2.42 bits per heavy atom. The van der Waals surface area contributed by atoms with E-state index in [4.69, 9.17) is 5.11 Å². The van der Waals surface area contributed by atoms with Crippen LogP contribution in [0.4, 0.5) is 0 Å². The van der Waals surface area contributed by atoms with Gasteiger partial charge < -0.3 is 5.11 Å². The standard InChI is InChI=1S/C9H16N2O/c1-3-8(2)6-11-5-4-9(7-12)10-11/h4-5,8,12H,3,6-7H2,1-2H3/t8-/m1/s1. The zero-order valence-electron chi connectivity index (χ0n) is 7.70. The van der Waals surface area contributed by atoms with Gasteiger partial charge in [-0.2, -0.15) is 5.10 Å². The molecule has 1 heterocycles. The molecule has 0 aliphatic carbocycles. The van der Waals surface area contributed by atoms with E-state index >= 15 is 0 Å². The zero-order valence-corrected chi connectivity index (χ0v) is 7.70. The molecule has 3 heteroatoms. The average Bonchev–Trinajstić information content (AvgIpc) is 2.52. The zero-order chi connectivity index (χ0) is 8.97. The predicted molar refractivity (Wildman–Crippen MR) is 47.6 cm³/mol. The minimum absolute atomic E-state index is 0.0352. The second-order valence-corrected chi connectivity index (χ2v) is 3.20. The highest BCUT2D eigenvalue weighted by Crippen LogP contribution is 2.04. The van der Waals surface area contributed by atoms with Crippen molar-refractivity contribution in [1.82, 2.24) is 9.78 Å². The van der Waals surface area contributed by atoms with Crippen molar-refractivity contribution >= 4 is 0 Å². The highest BCUT2D eigenvalue weighted by molar-refractivity contribution is 4.96. The van der Waals surface area contributed by atoms with Crippen LogP contribution in [0.15, 0.2) is 12.3 Å². The molecule has 0 aromatic carbocycles. The second-order valence-electron chi connectivity index (χ2n) is 3.20. The van der Waals surface area contributed by atoms with E-state index in [1.807, 2.05) is 16.9 Å². The van der Waals surface area contributed by atoms with Gasteiger partial charge in [-0.3, -0.25) is 4.68 Å². The van der Waals surface area contributed by atoms with Gasteiger partial charge in [0, 0.05) is 12.7 Å². The number of aliphatic hydroxyl groups is 1. The number of nitrogens with zero attached hydrogens (tertiary/aromatic N) is 2. The van der Waals surface area contributed by atoms with Gasteiger partial charge in [-0.05, 0) is 12.0 Å². The smallest absolute Gasteiger partial charge is 0.0878 e. The van der Waals surface area contributed by atoms with Gasteiger partial charge in [-0.25, -0.2) is 0 Å². The van der Waals surface area contributed by atoms with Gasteiger partial charge in [0.05, 0.1) is 12.3 Å². The normalized spacial score (nSPS) is 13.2. The summed E-state index contributed by atoms with van der Waals surface area (Å²) in [5, 5.41) is 12.9. The molecule has 12 heavy (non-hydrogen) atoms. The minimum Gasteiger partial charge on any atom is -0.390 e. The van der Waals surface area contributed by atoms with Crippen LogP contribution in [0.5, 0.6) is 0 Å². The monoisotopic (exact) mass is 168 g/mol. The predicted octanol–water partition coefficient (Wildman–Crippen LogP) is 1.42. The second kappa shape index (κ2) is 4.26. The third kappa shape index (κ3) is 2.34. The Balaban J connectivity index is 2.52. The van der Waals surface area contributed by atoms with E-state index in [2.05, 4.69) is 18.9 Å². The molecule has 0 radical (unpaired) electrons. The Morgan fingerprint density at radius 3 is 2.92 bits per heavy atom. The van der Waals surface area contributed by atoms with Crippen molar-refractivity contribution in [3.8, 4) is 0 Å². The first-order valence-electron chi connectivity index (χ1n) is 4.39. The molecule has 68 valence electrons. The van der Waals surface area contributed by atoms with Gasteiger partial charge in [0.2, 0.25) is 0 Å². The van der Waals surface area contributed by atoms with E-state index in [1.165, 1.54) is 0 Å². The van der Waals surface area contributed by atoms with E-state index in [0.717, 1.165) is 18.7 Å². The lowest BCUT2D eigenvalue weighted by Gasteiger charge is -2.07. The van der Waals surface area contributed by atoms with Crippen molar-refractivity contribution in [2.45, 2.75) is 33.4 Å². The topological polar surface area (TPSA) is 38.0 Å². The van der Waals surface area contributed by atoms with Crippen LogP contribution in [-0.2, 0) is 13.2 Å². The van der Waals surface area contributed by atoms with E-state index in [0.29, 0.717) is 5.92 Å². The lowest BCUT2D eigenvalue weighted by atomic mass is 10.1. The third-order valence-corrected chi connectivity index (χ3v) is 2.05. The maximum atomic E-state index is 8.77. The van der Waals surface area contributed by atoms with Crippen molar-refractivity contribution < 1.29 is 5.11 Å². The molecule has 0 unspecified atom stereocenters. The minimum atomic E-state index is 0.0352. The van der Waals surface area contributed by atoms with Crippen molar-refractivity contribution in [3.63, 3.8) is 0 Å². The Kier molecular flexibility index (Phi) is 3.29. The highest BCUT2D eigenvalue weighted by Gasteiger charge is 2.01. The molecular formula is C9H16N2O. The van der Waals surface area contributed by atoms with Crippen LogP contribution in [0, 0.1) is 5.92 Å². The van der Waals surface area contributed by atoms with Crippen LogP contribution in [0.3, 0.4) is 0 Å². The van der Waals surface area contributed by atoms with E-state index < -0.39 is 0 Å². The van der Waals surface area contributed by atoms with Crippen LogP contribution < -0.4 is 0 Å². The summed E-state index contributed by atoms with van der Waals surface area (Å²) >= 11 is 0. The fraction of sp³-hybridized carbons (Fsp3) is 0.667. The molecule has 0 saturated heterocycles. The Bertz CT molecular complexity index is 232. The maximum Gasteiger partial charge on any atom is 0.0878 e. The summed E-state index contributed by atoms with van der Waals surface area (Å²) in [7, 11) is 0. The Morgan fingerprint density at radius 1 is 1.67 bits per heavy atom. The van der Waals surface area contributed by atoms with Crippen LogP contribution in [-0.4, -0.2) is 14.9 Å². The maximum absolute atomic E-state index is 8.77. The van der Waals surface area contributed by atoms with E-state index in [-0.39, 0.29) is 6.61 Å². The van der Waals surface area contributed by atoms with Gasteiger partial charge in [-0.15, -0.1) is 0 Å².